The van der Waals surface area contributed by atoms with Crippen LogP contribution in [0.1, 0.15) is 40.2 Å². The molecular formula is C23H29NO4. The van der Waals surface area contributed by atoms with Crippen molar-refractivity contribution in [3.63, 3.8) is 0 Å². The minimum Gasteiger partial charge on any atom is -0.457 e. The first-order valence-electron chi connectivity index (χ1n) is 9.62. The van der Waals surface area contributed by atoms with Gasteiger partial charge in [-0.2, -0.15) is 0 Å². The van der Waals surface area contributed by atoms with E-state index in [4.69, 9.17) is 14.2 Å². The zero-order chi connectivity index (χ0) is 20.4. The fourth-order valence-corrected chi connectivity index (χ4v) is 3.30. The van der Waals surface area contributed by atoms with E-state index in [-0.39, 0.29) is 12.1 Å². The first-order valence-corrected chi connectivity index (χ1v) is 9.62. The number of ether oxygens (including phenoxy) is 3. The third kappa shape index (κ3) is 5.04. The molecule has 2 aromatic carbocycles. The lowest BCUT2D eigenvalue weighted by Gasteiger charge is -2.35. The molecule has 0 radical (unpaired) electrons. The van der Waals surface area contributed by atoms with Gasteiger partial charge in [-0.15, -0.1) is 0 Å². The second kappa shape index (κ2) is 7.84. The maximum absolute atomic E-state index is 12.7. The van der Waals surface area contributed by atoms with Gasteiger partial charge < -0.3 is 14.2 Å². The van der Waals surface area contributed by atoms with E-state index in [1.165, 1.54) is 0 Å². The molecule has 5 nitrogen and oxygen atoms in total. The molecule has 0 aliphatic carbocycles. The van der Waals surface area contributed by atoms with Crippen molar-refractivity contribution < 1.29 is 19.0 Å². The van der Waals surface area contributed by atoms with Crippen LogP contribution in [0.25, 0.3) is 0 Å². The average Bonchev–Trinajstić information content (AvgIpc) is 2.90. The lowest BCUT2D eigenvalue weighted by atomic mass is 10.0. The molecule has 3 rings (SSSR count). The Morgan fingerprint density at radius 2 is 1.68 bits per heavy atom. The second-order valence-electron chi connectivity index (χ2n) is 8.53. The van der Waals surface area contributed by atoms with E-state index in [0.29, 0.717) is 13.0 Å². The zero-order valence-electron chi connectivity index (χ0n) is 17.3. The topological polar surface area (TPSA) is 48.0 Å². The van der Waals surface area contributed by atoms with Crippen molar-refractivity contribution in [2.75, 3.05) is 6.61 Å². The molecule has 0 aromatic heterocycles. The zero-order valence-corrected chi connectivity index (χ0v) is 17.3. The number of nitrogens with zero attached hydrogens (tertiary/aromatic N) is 1. The molecule has 1 atom stereocenters. The largest absolute Gasteiger partial charge is 0.457 e. The summed E-state index contributed by atoms with van der Waals surface area (Å²) < 4.78 is 17.3. The predicted molar refractivity (Wildman–Crippen MR) is 109 cm³/mol. The molecule has 1 aliphatic rings. The third-order valence-corrected chi connectivity index (χ3v) is 4.54. The monoisotopic (exact) mass is 383 g/mol. The van der Waals surface area contributed by atoms with Gasteiger partial charge in [-0.05, 0) is 70.9 Å². The van der Waals surface area contributed by atoms with Gasteiger partial charge in [-0.3, -0.25) is 4.90 Å². The highest BCUT2D eigenvalue weighted by Crippen LogP contribution is 2.31. The number of amides is 1. The van der Waals surface area contributed by atoms with Crippen LogP contribution in [0.15, 0.2) is 54.6 Å². The van der Waals surface area contributed by atoms with Crippen LogP contribution in [-0.4, -0.2) is 35.0 Å². The molecular weight excluding hydrogens is 354 g/mol. The Hall–Kier alpha value is -2.53. The number of carbonyl (C=O) groups excluding carboxylic acids is 1. The molecule has 0 bridgehead atoms. The summed E-state index contributed by atoms with van der Waals surface area (Å²) in [5.74, 6) is 1.58. The van der Waals surface area contributed by atoms with Gasteiger partial charge in [0.15, 0.2) is 0 Å². The van der Waals surface area contributed by atoms with Gasteiger partial charge in [0, 0.05) is 0 Å². The van der Waals surface area contributed by atoms with Gasteiger partial charge in [-0.25, -0.2) is 4.79 Å². The van der Waals surface area contributed by atoms with E-state index in [1.54, 1.807) is 4.90 Å². The molecule has 1 unspecified atom stereocenters. The molecule has 0 saturated carbocycles. The van der Waals surface area contributed by atoms with E-state index in [0.717, 1.165) is 17.1 Å². The predicted octanol–water partition coefficient (Wildman–Crippen LogP) is 5.39. The fraction of sp³-hybridized carbons (Fsp3) is 0.435. The quantitative estimate of drug-likeness (QED) is 0.710. The van der Waals surface area contributed by atoms with Crippen LogP contribution in [-0.2, 0) is 15.9 Å². The number of para-hydroxylation sites is 1. The van der Waals surface area contributed by atoms with Crippen LogP contribution in [0.2, 0.25) is 0 Å². The van der Waals surface area contributed by atoms with Gasteiger partial charge >= 0.3 is 6.09 Å². The van der Waals surface area contributed by atoms with Crippen molar-refractivity contribution in [3.8, 4) is 11.5 Å². The smallest absolute Gasteiger partial charge is 0.412 e. The minimum atomic E-state index is -0.691. The van der Waals surface area contributed by atoms with Gasteiger partial charge in [0.25, 0.3) is 0 Å². The summed E-state index contributed by atoms with van der Waals surface area (Å²) in [6, 6.07) is 17.5. The molecule has 1 amide bonds. The van der Waals surface area contributed by atoms with Crippen molar-refractivity contribution in [1.82, 2.24) is 4.90 Å². The van der Waals surface area contributed by atoms with Crippen LogP contribution < -0.4 is 4.74 Å². The Balaban J connectivity index is 1.68. The summed E-state index contributed by atoms with van der Waals surface area (Å²) in [6.07, 6.45) is 0.345. The van der Waals surface area contributed by atoms with Crippen molar-refractivity contribution in [2.45, 2.75) is 58.4 Å². The van der Waals surface area contributed by atoms with E-state index in [9.17, 15) is 4.79 Å². The third-order valence-electron chi connectivity index (χ3n) is 4.54. The highest BCUT2D eigenvalue weighted by Gasteiger charge is 2.45. The molecule has 0 spiro atoms. The number of hydrogen-bond acceptors (Lipinski definition) is 4. The first kappa shape index (κ1) is 20.2. The van der Waals surface area contributed by atoms with Gasteiger partial charge in [0.1, 0.15) is 22.8 Å². The SMILES string of the molecule is CC(C)(C)OC(=O)N1C(Cc2ccc(Oc3ccccc3)cc2)COC1(C)C. The molecule has 150 valence electrons. The molecule has 1 aliphatic heterocycles. The highest BCUT2D eigenvalue weighted by atomic mass is 16.6. The van der Waals surface area contributed by atoms with Gasteiger partial charge in [0.05, 0.1) is 12.6 Å². The van der Waals surface area contributed by atoms with E-state index >= 15 is 0 Å². The molecule has 28 heavy (non-hydrogen) atoms. The number of benzene rings is 2. The fourth-order valence-electron chi connectivity index (χ4n) is 3.30. The maximum Gasteiger partial charge on any atom is 0.412 e. The van der Waals surface area contributed by atoms with Crippen molar-refractivity contribution in [2.24, 2.45) is 0 Å². The van der Waals surface area contributed by atoms with Crippen LogP contribution in [0.4, 0.5) is 4.79 Å². The Bertz CT molecular complexity index is 794. The van der Waals surface area contributed by atoms with Gasteiger partial charge in [0.2, 0.25) is 0 Å². The normalized spacial score (nSPS) is 18.8. The molecule has 0 N–H and O–H groups in total. The average molecular weight is 383 g/mol. The number of rotatable bonds is 4. The van der Waals surface area contributed by atoms with Crippen LogP contribution in [0, 0.1) is 0 Å². The molecule has 2 aromatic rings. The Labute approximate surface area is 167 Å². The summed E-state index contributed by atoms with van der Waals surface area (Å²) >= 11 is 0. The van der Waals surface area contributed by atoms with Gasteiger partial charge in [-0.1, -0.05) is 30.3 Å². The first-order chi connectivity index (χ1) is 13.1. The molecule has 1 saturated heterocycles. The molecule has 5 heteroatoms. The summed E-state index contributed by atoms with van der Waals surface area (Å²) in [5, 5.41) is 0. The summed E-state index contributed by atoms with van der Waals surface area (Å²) in [5.41, 5.74) is -0.125. The molecule has 1 heterocycles. The number of carbonyl (C=O) groups is 1. The standard InChI is InChI=1S/C23H29NO4/c1-22(2,3)28-21(25)24-18(16-26-23(24,4)5)15-17-11-13-20(14-12-17)27-19-9-7-6-8-10-19/h6-14,18H,15-16H2,1-5H3. The van der Waals surface area contributed by atoms with E-state index in [2.05, 4.69) is 0 Å². The van der Waals surface area contributed by atoms with Crippen molar-refractivity contribution >= 4 is 6.09 Å². The summed E-state index contributed by atoms with van der Waals surface area (Å²) in [7, 11) is 0. The summed E-state index contributed by atoms with van der Waals surface area (Å²) in [4.78, 5) is 14.5. The van der Waals surface area contributed by atoms with E-state index in [1.807, 2.05) is 89.2 Å². The Morgan fingerprint density at radius 3 is 2.29 bits per heavy atom. The number of hydrogen-bond donors (Lipinski definition) is 0. The maximum atomic E-state index is 12.7. The van der Waals surface area contributed by atoms with Crippen molar-refractivity contribution in [3.05, 3.63) is 60.2 Å². The van der Waals surface area contributed by atoms with E-state index < -0.39 is 11.3 Å². The van der Waals surface area contributed by atoms with Crippen molar-refractivity contribution in [1.29, 1.82) is 0 Å². The summed E-state index contributed by atoms with van der Waals surface area (Å²) in [6.45, 7) is 9.88. The minimum absolute atomic E-state index is 0.0780. The van der Waals surface area contributed by atoms with Crippen LogP contribution in [0.5, 0.6) is 11.5 Å². The highest BCUT2D eigenvalue weighted by molar-refractivity contribution is 5.69. The Kier molecular flexibility index (Phi) is 5.66. The van der Waals surface area contributed by atoms with Crippen LogP contribution >= 0.6 is 0 Å². The lowest BCUT2D eigenvalue weighted by molar-refractivity contribution is -0.0624. The second-order valence-corrected chi connectivity index (χ2v) is 8.53. The Morgan fingerprint density at radius 1 is 1.07 bits per heavy atom. The van der Waals surface area contributed by atoms with Crippen LogP contribution in [0.3, 0.4) is 0 Å². The molecule has 1 fully saturated rings. The lowest BCUT2D eigenvalue weighted by Crippen LogP contribution is -2.50.